The van der Waals surface area contributed by atoms with Gasteiger partial charge in [-0.3, -0.25) is 14.3 Å². The summed E-state index contributed by atoms with van der Waals surface area (Å²) in [6.07, 6.45) is -0.305. The minimum Gasteiger partial charge on any atom is -0.374 e. The average molecular weight is 395 g/mol. The first-order chi connectivity index (χ1) is 13.1. The summed E-state index contributed by atoms with van der Waals surface area (Å²) < 4.78 is 25.7. The molecule has 0 saturated carbocycles. The van der Waals surface area contributed by atoms with Gasteiger partial charge in [0.15, 0.2) is 17.4 Å². The van der Waals surface area contributed by atoms with Crippen molar-refractivity contribution in [3.63, 3.8) is 0 Å². The molecule has 0 radical (unpaired) electrons. The van der Waals surface area contributed by atoms with Crippen molar-refractivity contribution >= 4 is 17.1 Å². The predicted molar refractivity (Wildman–Crippen MR) is 103 cm³/mol. The van der Waals surface area contributed by atoms with Crippen molar-refractivity contribution in [2.75, 3.05) is 19.5 Å². The van der Waals surface area contributed by atoms with Crippen LogP contribution < -0.4 is 11.3 Å². The van der Waals surface area contributed by atoms with Crippen LogP contribution >= 0.6 is 0 Å². The molecule has 3 heterocycles. The van der Waals surface area contributed by atoms with Crippen LogP contribution in [0.1, 0.15) is 40.8 Å². The number of hydrogen-bond acceptors (Lipinski definition) is 8. The minimum absolute atomic E-state index is 0.00816. The molecule has 0 aliphatic carbocycles. The molecule has 1 saturated heterocycles. The average Bonchev–Trinajstić information content (AvgIpc) is 3.13. The van der Waals surface area contributed by atoms with Crippen LogP contribution in [0.5, 0.6) is 0 Å². The first-order valence-corrected chi connectivity index (χ1v) is 9.30. The fourth-order valence-corrected chi connectivity index (χ4v) is 3.26. The molecule has 3 N–H and O–H groups in total. The van der Waals surface area contributed by atoms with E-state index in [0.717, 1.165) is 0 Å². The molecule has 10 heteroatoms. The Labute approximate surface area is 163 Å². The lowest BCUT2D eigenvalue weighted by molar-refractivity contribution is -0.116. The monoisotopic (exact) mass is 395 g/mol. The Morgan fingerprint density at radius 2 is 2.07 bits per heavy atom. The van der Waals surface area contributed by atoms with E-state index in [1.54, 1.807) is 11.7 Å². The van der Waals surface area contributed by atoms with Crippen LogP contribution in [0.15, 0.2) is 11.1 Å². The van der Waals surface area contributed by atoms with E-state index in [1.165, 1.54) is 6.33 Å². The molecule has 1 aliphatic rings. The van der Waals surface area contributed by atoms with Gasteiger partial charge < -0.3 is 24.7 Å². The number of rotatable bonds is 6. The molecule has 0 bridgehead atoms. The first-order valence-electron chi connectivity index (χ1n) is 9.30. The molecule has 0 spiro atoms. The third-order valence-corrected chi connectivity index (χ3v) is 4.39. The predicted octanol–water partition coefficient (Wildman–Crippen LogP) is 1.22. The summed E-state index contributed by atoms with van der Waals surface area (Å²) in [4.78, 5) is 22.9. The summed E-state index contributed by atoms with van der Waals surface area (Å²) in [5, 5.41) is 0. The fourth-order valence-electron chi connectivity index (χ4n) is 3.26. The number of imidazole rings is 1. The van der Waals surface area contributed by atoms with Gasteiger partial charge >= 0.3 is 0 Å². The van der Waals surface area contributed by atoms with Crippen molar-refractivity contribution in [2.24, 2.45) is 0 Å². The molecule has 1 fully saturated rings. The number of hydrogen-bond donors (Lipinski definition) is 2. The number of anilines is 1. The second-order valence-corrected chi connectivity index (χ2v) is 8.11. The topological polar surface area (TPSA) is 127 Å². The molecule has 4 atom stereocenters. The number of nitrogens with two attached hydrogens (primary N) is 1. The zero-order valence-corrected chi connectivity index (χ0v) is 17.1. The number of fused-ring (bicyclic) bond motifs is 1. The van der Waals surface area contributed by atoms with Crippen molar-refractivity contribution in [3.05, 3.63) is 16.7 Å². The van der Waals surface area contributed by atoms with Crippen molar-refractivity contribution in [1.82, 2.24) is 19.5 Å². The van der Waals surface area contributed by atoms with Crippen molar-refractivity contribution in [1.29, 1.82) is 0 Å². The quantitative estimate of drug-likeness (QED) is 0.748. The number of H-pyrrole nitrogens is 1. The summed E-state index contributed by atoms with van der Waals surface area (Å²) in [5.74, 6) is 0.00816. The van der Waals surface area contributed by atoms with Crippen LogP contribution in [-0.4, -0.2) is 63.3 Å². The van der Waals surface area contributed by atoms with Crippen LogP contribution in [-0.2, 0) is 18.9 Å². The third kappa shape index (κ3) is 4.19. The Hall–Kier alpha value is -2.01. The Morgan fingerprint density at radius 1 is 1.36 bits per heavy atom. The molecular formula is C18H29N5O5. The molecule has 0 aromatic carbocycles. The Balaban J connectivity index is 1.97. The van der Waals surface area contributed by atoms with Crippen LogP contribution in [0.2, 0.25) is 0 Å². The molecule has 3 rings (SSSR count). The molecule has 2 aromatic rings. The molecule has 0 amide bonds. The van der Waals surface area contributed by atoms with E-state index in [1.807, 2.05) is 34.6 Å². The third-order valence-electron chi connectivity index (χ3n) is 4.39. The van der Waals surface area contributed by atoms with E-state index in [-0.39, 0.29) is 35.4 Å². The number of aromatic nitrogens is 4. The molecule has 28 heavy (non-hydrogen) atoms. The molecule has 2 unspecified atom stereocenters. The van der Waals surface area contributed by atoms with Crippen molar-refractivity contribution < 1.29 is 18.9 Å². The number of aromatic amines is 1. The van der Waals surface area contributed by atoms with Crippen LogP contribution in [0, 0.1) is 0 Å². The lowest BCUT2D eigenvalue weighted by Gasteiger charge is -2.27. The van der Waals surface area contributed by atoms with E-state index >= 15 is 0 Å². The van der Waals surface area contributed by atoms with Gasteiger partial charge in [0.05, 0.1) is 24.6 Å². The van der Waals surface area contributed by atoms with E-state index in [0.29, 0.717) is 12.3 Å². The highest BCUT2D eigenvalue weighted by Gasteiger charge is 2.48. The first kappa shape index (κ1) is 20.7. The number of ether oxygens (including phenoxy) is 4. The lowest BCUT2D eigenvalue weighted by Crippen LogP contribution is -2.40. The highest BCUT2D eigenvalue weighted by Crippen LogP contribution is 2.36. The maximum absolute atomic E-state index is 12.1. The highest BCUT2D eigenvalue weighted by molar-refractivity contribution is 5.70. The van der Waals surface area contributed by atoms with Crippen molar-refractivity contribution in [3.8, 4) is 0 Å². The second kappa shape index (κ2) is 7.78. The van der Waals surface area contributed by atoms with Gasteiger partial charge in [0.25, 0.3) is 5.56 Å². The molecule has 1 aliphatic heterocycles. The van der Waals surface area contributed by atoms with Crippen LogP contribution in [0.3, 0.4) is 0 Å². The molecule has 2 aromatic heterocycles. The Morgan fingerprint density at radius 3 is 2.68 bits per heavy atom. The van der Waals surface area contributed by atoms with Gasteiger partial charge in [0.1, 0.15) is 18.3 Å². The van der Waals surface area contributed by atoms with Gasteiger partial charge in [0, 0.05) is 7.11 Å². The molecule has 156 valence electrons. The van der Waals surface area contributed by atoms with Gasteiger partial charge in [-0.2, -0.15) is 4.98 Å². The number of nitrogens with zero attached hydrogens (tertiary/aromatic N) is 3. The largest absolute Gasteiger partial charge is 0.374 e. The number of methoxy groups -OCH3 is 1. The van der Waals surface area contributed by atoms with Crippen molar-refractivity contribution in [2.45, 2.75) is 70.9 Å². The second-order valence-electron chi connectivity index (χ2n) is 8.11. The number of nitrogens with one attached hydrogen (secondary N) is 1. The van der Waals surface area contributed by atoms with Gasteiger partial charge in [-0.25, -0.2) is 4.98 Å². The van der Waals surface area contributed by atoms with E-state index < -0.39 is 17.9 Å². The fraction of sp³-hybridized carbons (Fsp3) is 0.722. The van der Waals surface area contributed by atoms with E-state index in [9.17, 15) is 4.79 Å². The standard InChI is InChI=1S/C18H29N5O5/c1-9(2)27-12-10(7-26-18(3,4)5)28-16(13(12)25-6)23-8-20-11-14(23)21-17(19)22-15(11)24/h8-10,12-13,16H,7H2,1-6H3,(H3,19,21,22,24)/t10-,12?,13?,16-/m1/s1. The van der Waals surface area contributed by atoms with Gasteiger partial charge in [-0.1, -0.05) is 0 Å². The minimum atomic E-state index is -0.596. The zero-order chi connectivity index (χ0) is 20.6. The summed E-state index contributed by atoms with van der Waals surface area (Å²) in [7, 11) is 1.60. The molecular weight excluding hydrogens is 366 g/mol. The number of nitrogen functional groups attached to an aromatic ring is 1. The van der Waals surface area contributed by atoms with E-state index in [2.05, 4.69) is 15.0 Å². The summed E-state index contributed by atoms with van der Waals surface area (Å²) >= 11 is 0. The van der Waals surface area contributed by atoms with Gasteiger partial charge in [0.2, 0.25) is 5.95 Å². The summed E-state index contributed by atoms with van der Waals surface area (Å²) in [6.45, 7) is 10.2. The lowest BCUT2D eigenvalue weighted by atomic mass is 10.1. The zero-order valence-electron chi connectivity index (χ0n) is 17.1. The Bertz CT molecular complexity index is 871. The van der Waals surface area contributed by atoms with Crippen LogP contribution in [0.4, 0.5) is 5.95 Å². The Kier molecular flexibility index (Phi) is 5.76. The van der Waals surface area contributed by atoms with E-state index in [4.69, 9.17) is 24.7 Å². The van der Waals surface area contributed by atoms with Crippen LogP contribution in [0.25, 0.3) is 11.2 Å². The maximum atomic E-state index is 12.1. The highest BCUT2D eigenvalue weighted by atomic mass is 16.6. The van der Waals surface area contributed by atoms with Gasteiger partial charge in [-0.15, -0.1) is 0 Å². The summed E-state index contributed by atoms with van der Waals surface area (Å²) in [5.41, 5.74) is 5.49. The van der Waals surface area contributed by atoms with Gasteiger partial charge in [-0.05, 0) is 34.6 Å². The maximum Gasteiger partial charge on any atom is 0.280 e. The smallest absolute Gasteiger partial charge is 0.280 e. The summed E-state index contributed by atoms with van der Waals surface area (Å²) in [6, 6.07) is 0. The molecule has 10 nitrogen and oxygen atoms in total. The normalized spacial score (nSPS) is 25.8. The SMILES string of the molecule is COC1C(OC(C)C)[C@@H](COC(C)(C)C)O[C@H]1n1cnc2c(=O)[nH]c(N)nc21.